The molecule has 11 heteroatoms. The number of hydrogen-bond donors (Lipinski definition) is 0. The molecule has 54 heavy (non-hydrogen) atoms. The third kappa shape index (κ3) is 7.78. The molecule has 2 aliphatic rings. The number of halogens is 2. The van der Waals surface area contributed by atoms with Crippen LogP contribution in [0.5, 0.6) is 23.0 Å². The van der Waals surface area contributed by atoms with E-state index >= 15 is 0 Å². The normalized spacial score (nSPS) is 18.3. The Morgan fingerprint density at radius 2 is 0.722 bits per heavy atom. The summed E-state index contributed by atoms with van der Waals surface area (Å²) in [7, 11) is 6.72. The van der Waals surface area contributed by atoms with Crippen LogP contribution in [0, 0.1) is 10.8 Å². The average Bonchev–Trinajstić information content (AvgIpc) is 3.72. The zero-order valence-corrected chi connectivity index (χ0v) is 36.7. The van der Waals surface area contributed by atoms with E-state index in [9.17, 15) is 0 Å². The van der Waals surface area contributed by atoms with E-state index in [1.807, 2.05) is 72.8 Å². The van der Waals surface area contributed by atoms with Gasteiger partial charge in [-0.2, -0.15) is 0 Å². The molecule has 0 saturated carbocycles. The number of rotatable bonds is 10. The fraction of sp³-hybridized carbons (Fsp3) is 0.395. The van der Waals surface area contributed by atoms with Crippen molar-refractivity contribution in [2.45, 2.75) is 71.2 Å². The molecule has 4 aromatic carbocycles. The number of ether oxygens (including phenoxy) is 6. The number of nitrogens with zero attached hydrogens (tertiary/aromatic N) is 2. The van der Waals surface area contributed by atoms with Gasteiger partial charge < -0.3 is 62.4 Å². The van der Waals surface area contributed by atoms with E-state index in [2.05, 4.69) is 65.8 Å². The summed E-state index contributed by atoms with van der Waals surface area (Å²) in [5, 5.41) is 0. The van der Waals surface area contributed by atoms with Crippen LogP contribution in [0.2, 0.25) is 0 Å². The number of benzene rings is 4. The van der Waals surface area contributed by atoms with Gasteiger partial charge in [-0.25, -0.2) is 9.98 Å². The monoisotopic (exact) mass is 906 g/mol. The quantitative estimate of drug-likeness (QED) is 0.228. The van der Waals surface area contributed by atoms with Crippen LogP contribution in [0.4, 0.5) is 0 Å². The third-order valence-electron chi connectivity index (χ3n) is 9.85. The second kappa shape index (κ2) is 17.5. The van der Waals surface area contributed by atoms with E-state index in [-0.39, 0.29) is 79.8 Å². The van der Waals surface area contributed by atoms with Gasteiger partial charge >= 0.3 is 16.5 Å². The second-order valence-corrected chi connectivity index (χ2v) is 15.2. The molecule has 0 fully saturated rings. The topological polar surface area (TPSA) is 80.1 Å². The summed E-state index contributed by atoms with van der Waals surface area (Å²) in [4.78, 5) is 10.8. The molecule has 6 rings (SSSR count). The SMILES string of the molecule is COc1ccccc1C1(c2ccccc2OC)OC(CC2=N[C@H](C(C)(C)C)C(c3ccccc3OC)(c3ccccc3OC)O2)=N[C@@H]1C(C)(C)C.[Br-].[Br-].[Ni+2]. The van der Waals surface area contributed by atoms with Crippen LogP contribution in [-0.4, -0.2) is 52.3 Å². The van der Waals surface area contributed by atoms with Crippen LogP contribution in [0.3, 0.4) is 0 Å². The van der Waals surface area contributed by atoms with Crippen molar-refractivity contribution in [2.24, 2.45) is 20.8 Å². The fourth-order valence-corrected chi connectivity index (χ4v) is 7.81. The number of aliphatic imine (C=N–C) groups is 2. The minimum absolute atomic E-state index is 0. The molecule has 0 aliphatic carbocycles. The zero-order chi connectivity index (χ0) is 36.6. The van der Waals surface area contributed by atoms with E-state index < -0.39 is 11.2 Å². The second-order valence-electron chi connectivity index (χ2n) is 15.2. The molecule has 0 saturated heterocycles. The standard InChI is InChI=1S/C43H50N2O6.2BrH.Ni/c1-40(2,3)38-42(28-19-11-15-23-32(28)46-7,29-20-12-16-24-33(29)47-8)50-36(44-38)27-37-45-39(41(4,5)6)43(51-37,30-21-13-17-25-34(30)48-9)31-22-14-18-26-35(31)49-10;;;/h11-26,38-39H,27H2,1-10H3;2*1H;/q;;;+2/p-2/t38-,39-;;;/m1.../s1. The predicted molar refractivity (Wildman–Crippen MR) is 202 cm³/mol. The Morgan fingerprint density at radius 1 is 0.481 bits per heavy atom. The molecule has 0 unspecified atom stereocenters. The summed E-state index contributed by atoms with van der Waals surface area (Å²) >= 11 is 0. The molecule has 4 aromatic rings. The minimum Gasteiger partial charge on any atom is -1.00 e. The molecule has 0 aromatic heterocycles. The molecular weight excluding hydrogens is 859 g/mol. The van der Waals surface area contributed by atoms with Gasteiger partial charge in [0.15, 0.2) is 23.0 Å². The maximum atomic E-state index is 7.28. The molecule has 2 heterocycles. The molecule has 0 radical (unpaired) electrons. The number of hydrogen-bond acceptors (Lipinski definition) is 8. The smallest absolute Gasteiger partial charge is 1.00 e. The molecule has 8 nitrogen and oxygen atoms in total. The van der Waals surface area contributed by atoms with Gasteiger partial charge in [0.1, 0.15) is 35.1 Å². The largest absolute Gasteiger partial charge is 2.00 e. The van der Waals surface area contributed by atoms with Gasteiger partial charge in [0, 0.05) is 22.3 Å². The summed E-state index contributed by atoms with van der Waals surface area (Å²) in [6.45, 7) is 13.1. The van der Waals surface area contributed by atoms with Crippen molar-refractivity contribution in [3.05, 3.63) is 119 Å². The van der Waals surface area contributed by atoms with Crippen LogP contribution in [-0.2, 0) is 37.2 Å². The summed E-state index contributed by atoms with van der Waals surface area (Å²) < 4.78 is 38.5. The fourth-order valence-electron chi connectivity index (χ4n) is 7.81. The molecule has 0 spiro atoms. The van der Waals surface area contributed by atoms with Crippen molar-refractivity contribution >= 4 is 11.8 Å². The summed E-state index contributed by atoms with van der Waals surface area (Å²) in [5.41, 5.74) is 0.549. The first kappa shape index (κ1) is 44.9. The summed E-state index contributed by atoms with van der Waals surface area (Å²) in [5.74, 6) is 3.80. The molecular formula is C43H50Br2N2NiO6. The maximum Gasteiger partial charge on any atom is 2.00 e. The molecule has 0 N–H and O–H groups in total. The van der Waals surface area contributed by atoms with E-state index in [0.29, 0.717) is 34.8 Å². The Bertz CT molecular complexity index is 1720. The first-order chi connectivity index (χ1) is 24.3. The molecule has 292 valence electrons. The Kier molecular flexibility index (Phi) is 14.6. The van der Waals surface area contributed by atoms with Gasteiger partial charge in [0.25, 0.3) is 0 Å². The molecule has 0 amide bonds. The van der Waals surface area contributed by atoms with E-state index in [4.69, 9.17) is 38.4 Å². The van der Waals surface area contributed by atoms with Crippen molar-refractivity contribution in [1.29, 1.82) is 0 Å². The average molecular weight is 909 g/mol. The van der Waals surface area contributed by atoms with Gasteiger partial charge in [-0.15, -0.1) is 0 Å². The van der Waals surface area contributed by atoms with Crippen molar-refractivity contribution in [2.75, 3.05) is 28.4 Å². The van der Waals surface area contributed by atoms with Gasteiger partial charge in [0.2, 0.25) is 0 Å². The Balaban J connectivity index is 0.00000261. The Hall–Kier alpha value is -3.53. The van der Waals surface area contributed by atoms with Crippen molar-refractivity contribution < 1.29 is 78.9 Å². The van der Waals surface area contributed by atoms with Gasteiger partial charge in [-0.3, -0.25) is 0 Å². The maximum absolute atomic E-state index is 7.28. The molecule has 2 atom stereocenters. The van der Waals surface area contributed by atoms with E-state index in [0.717, 1.165) is 22.3 Å². The van der Waals surface area contributed by atoms with Crippen molar-refractivity contribution in [3.8, 4) is 23.0 Å². The number of methoxy groups -OCH3 is 4. The van der Waals surface area contributed by atoms with Gasteiger partial charge in [0.05, 0.1) is 34.9 Å². The zero-order valence-electron chi connectivity index (χ0n) is 32.5. The van der Waals surface area contributed by atoms with E-state index in [1.54, 1.807) is 28.4 Å². The Labute approximate surface area is 351 Å². The third-order valence-corrected chi connectivity index (χ3v) is 9.85. The minimum atomic E-state index is -1.09. The first-order valence-electron chi connectivity index (χ1n) is 17.4. The number of para-hydroxylation sites is 4. The molecule has 0 bridgehead atoms. The summed E-state index contributed by atoms with van der Waals surface area (Å²) in [6.07, 6.45) is 0.220. The van der Waals surface area contributed by atoms with Crippen LogP contribution in [0.25, 0.3) is 0 Å². The Morgan fingerprint density at radius 3 is 0.944 bits per heavy atom. The molecule has 2 aliphatic heterocycles. The van der Waals surface area contributed by atoms with Crippen molar-refractivity contribution in [1.82, 2.24) is 0 Å². The van der Waals surface area contributed by atoms with E-state index in [1.165, 1.54) is 0 Å². The first-order valence-corrected chi connectivity index (χ1v) is 17.4. The van der Waals surface area contributed by atoms with Crippen LogP contribution < -0.4 is 52.9 Å². The summed E-state index contributed by atoms with van der Waals surface area (Å²) in [6, 6.07) is 31.2. The van der Waals surface area contributed by atoms with Crippen molar-refractivity contribution in [3.63, 3.8) is 0 Å². The van der Waals surface area contributed by atoms with Crippen LogP contribution in [0.1, 0.15) is 70.2 Å². The van der Waals surface area contributed by atoms with Gasteiger partial charge in [-0.1, -0.05) is 114 Å². The van der Waals surface area contributed by atoms with Gasteiger partial charge in [-0.05, 0) is 35.1 Å². The van der Waals surface area contributed by atoms with Crippen LogP contribution >= 0.6 is 0 Å². The van der Waals surface area contributed by atoms with Crippen LogP contribution in [0.15, 0.2) is 107 Å². The predicted octanol–water partition coefficient (Wildman–Crippen LogP) is 2.99.